The van der Waals surface area contributed by atoms with Crippen molar-refractivity contribution in [1.29, 1.82) is 0 Å². The number of nitrogens with zero attached hydrogens (tertiary/aromatic N) is 3. The summed E-state index contributed by atoms with van der Waals surface area (Å²) in [5.74, 6) is -0.137. The third kappa shape index (κ3) is 2.59. The average molecular weight is 267 g/mol. The maximum absolute atomic E-state index is 12.1. The van der Waals surface area contributed by atoms with E-state index in [1.54, 1.807) is 12.3 Å². The Labute approximate surface area is 115 Å². The first-order valence-corrected chi connectivity index (χ1v) is 6.19. The number of carbonyl (C=O) groups excluding carboxylic acids is 1. The Morgan fingerprint density at radius 1 is 1.25 bits per heavy atom. The lowest BCUT2D eigenvalue weighted by atomic mass is 10.2. The quantitative estimate of drug-likeness (QED) is 0.752. The Kier molecular flexibility index (Phi) is 3.28. The van der Waals surface area contributed by atoms with Crippen LogP contribution >= 0.6 is 0 Å². The van der Waals surface area contributed by atoms with Crippen molar-refractivity contribution in [2.24, 2.45) is 0 Å². The smallest absolute Gasteiger partial charge is 0.251 e. The predicted octanol–water partition coefficient (Wildman–Crippen LogP) is 1.53. The van der Waals surface area contributed by atoms with Crippen molar-refractivity contribution in [3.63, 3.8) is 0 Å². The molecule has 2 N–H and O–H groups in total. The predicted molar refractivity (Wildman–Crippen MR) is 73.3 cm³/mol. The second kappa shape index (κ2) is 5.40. The van der Waals surface area contributed by atoms with Crippen LogP contribution in [-0.4, -0.2) is 25.9 Å². The van der Waals surface area contributed by atoms with Gasteiger partial charge < -0.3 is 9.88 Å². The molecule has 0 aliphatic carbocycles. The van der Waals surface area contributed by atoms with Gasteiger partial charge in [0.1, 0.15) is 5.69 Å². The molecule has 6 nitrogen and oxygen atoms in total. The molecule has 1 amide bonds. The minimum absolute atomic E-state index is 0.137. The molecule has 0 bridgehead atoms. The highest BCUT2D eigenvalue weighted by Gasteiger charge is 2.07. The van der Waals surface area contributed by atoms with Gasteiger partial charge in [0, 0.05) is 23.6 Å². The van der Waals surface area contributed by atoms with E-state index in [1.807, 2.05) is 47.3 Å². The van der Waals surface area contributed by atoms with Crippen LogP contribution in [0, 0.1) is 0 Å². The fourth-order valence-corrected chi connectivity index (χ4v) is 1.90. The number of hydrogen-bond acceptors (Lipinski definition) is 3. The Morgan fingerprint density at radius 2 is 2.10 bits per heavy atom. The molecule has 0 unspecified atom stereocenters. The van der Waals surface area contributed by atoms with Gasteiger partial charge in [-0.25, -0.2) is 0 Å². The highest BCUT2D eigenvalue weighted by molar-refractivity contribution is 5.94. The van der Waals surface area contributed by atoms with Gasteiger partial charge in [-0.1, -0.05) is 6.07 Å². The molecule has 2 aromatic heterocycles. The Hall–Kier alpha value is -2.89. The van der Waals surface area contributed by atoms with Crippen LogP contribution in [0.5, 0.6) is 0 Å². The number of hydrogen-bond donors (Lipinski definition) is 2. The second-order valence-electron chi connectivity index (χ2n) is 4.28. The molecule has 1 aromatic carbocycles. The van der Waals surface area contributed by atoms with E-state index in [0.29, 0.717) is 17.8 Å². The van der Waals surface area contributed by atoms with E-state index in [4.69, 9.17) is 0 Å². The van der Waals surface area contributed by atoms with Gasteiger partial charge in [0.25, 0.3) is 5.91 Å². The van der Waals surface area contributed by atoms with E-state index in [1.165, 1.54) is 0 Å². The Balaban J connectivity index is 1.73. The number of benzene rings is 1. The van der Waals surface area contributed by atoms with E-state index in [-0.39, 0.29) is 5.91 Å². The Morgan fingerprint density at radius 3 is 2.85 bits per heavy atom. The standard InChI is InChI=1S/C14H13N5O/c20-14(15-9-12-10-16-18-17-12)11-4-3-5-13(8-11)19-6-1-2-7-19/h1-8,10H,9H2,(H,15,20)(H,16,17,18). The zero-order valence-corrected chi connectivity index (χ0v) is 10.7. The van der Waals surface area contributed by atoms with Crippen LogP contribution in [0.1, 0.15) is 16.1 Å². The number of carbonyl (C=O) groups is 1. The Bertz CT molecular complexity index is 688. The number of aromatic amines is 1. The summed E-state index contributed by atoms with van der Waals surface area (Å²) in [6, 6.07) is 11.3. The van der Waals surface area contributed by atoms with Crippen LogP contribution in [0.2, 0.25) is 0 Å². The van der Waals surface area contributed by atoms with Crippen molar-refractivity contribution in [2.45, 2.75) is 6.54 Å². The summed E-state index contributed by atoms with van der Waals surface area (Å²) >= 11 is 0. The molecule has 0 saturated carbocycles. The third-order valence-electron chi connectivity index (χ3n) is 2.91. The molecule has 6 heteroatoms. The normalized spacial score (nSPS) is 10.4. The molecule has 0 fully saturated rings. The van der Waals surface area contributed by atoms with Crippen molar-refractivity contribution in [3.8, 4) is 5.69 Å². The van der Waals surface area contributed by atoms with Gasteiger partial charge in [-0.2, -0.15) is 15.4 Å². The molecule has 0 spiro atoms. The summed E-state index contributed by atoms with van der Waals surface area (Å²) in [6.45, 7) is 0.350. The molecule has 0 aliphatic heterocycles. The largest absolute Gasteiger partial charge is 0.346 e. The van der Waals surface area contributed by atoms with Crippen molar-refractivity contribution < 1.29 is 4.79 Å². The molecular formula is C14H13N5O. The molecular weight excluding hydrogens is 254 g/mol. The van der Waals surface area contributed by atoms with Crippen LogP contribution in [0.25, 0.3) is 5.69 Å². The van der Waals surface area contributed by atoms with Crippen molar-refractivity contribution >= 4 is 5.91 Å². The molecule has 0 atom stereocenters. The van der Waals surface area contributed by atoms with Gasteiger partial charge in [-0.3, -0.25) is 4.79 Å². The first-order valence-electron chi connectivity index (χ1n) is 6.19. The third-order valence-corrected chi connectivity index (χ3v) is 2.91. The number of H-pyrrole nitrogens is 1. The van der Waals surface area contributed by atoms with Gasteiger partial charge in [0.15, 0.2) is 0 Å². The summed E-state index contributed by atoms with van der Waals surface area (Å²) in [5.41, 5.74) is 2.25. The minimum atomic E-state index is -0.137. The second-order valence-corrected chi connectivity index (χ2v) is 4.28. The van der Waals surface area contributed by atoms with E-state index >= 15 is 0 Å². The first kappa shape index (κ1) is 12.2. The molecule has 100 valence electrons. The van der Waals surface area contributed by atoms with Gasteiger partial charge in [-0.05, 0) is 30.3 Å². The SMILES string of the molecule is O=C(NCc1cn[nH]n1)c1cccc(-n2cccc2)c1. The maximum Gasteiger partial charge on any atom is 0.251 e. The molecule has 0 saturated heterocycles. The van der Waals surface area contributed by atoms with Crippen LogP contribution < -0.4 is 5.32 Å². The van der Waals surface area contributed by atoms with E-state index in [2.05, 4.69) is 20.7 Å². The molecule has 0 aliphatic rings. The highest BCUT2D eigenvalue weighted by atomic mass is 16.1. The number of rotatable bonds is 4. The van der Waals surface area contributed by atoms with Gasteiger partial charge >= 0.3 is 0 Å². The average Bonchev–Trinajstić information content (AvgIpc) is 3.18. The van der Waals surface area contributed by atoms with Gasteiger partial charge in [-0.15, -0.1) is 0 Å². The first-order chi connectivity index (χ1) is 9.83. The lowest BCUT2D eigenvalue weighted by Crippen LogP contribution is -2.23. The topological polar surface area (TPSA) is 75.6 Å². The van der Waals surface area contributed by atoms with Gasteiger partial charge in [0.05, 0.1) is 12.7 Å². The van der Waals surface area contributed by atoms with E-state index in [9.17, 15) is 4.79 Å². The summed E-state index contributed by atoms with van der Waals surface area (Å²) < 4.78 is 1.95. The summed E-state index contributed by atoms with van der Waals surface area (Å²) in [4.78, 5) is 12.1. The fourth-order valence-electron chi connectivity index (χ4n) is 1.90. The lowest BCUT2D eigenvalue weighted by molar-refractivity contribution is 0.0950. The molecule has 20 heavy (non-hydrogen) atoms. The zero-order valence-electron chi connectivity index (χ0n) is 10.7. The number of nitrogens with one attached hydrogen (secondary N) is 2. The maximum atomic E-state index is 12.1. The van der Waals surface area contributed by atoms with Crippen LogP contribution in [0.15, 0.2) is 55.0 Å². The molecule has 0 radical (unpaired) electrons. The van der Waals surface area contributed by atoms with Crippen LogP contribution in [0.4, 0.5) is 0 Å². The van der Waals surface area contributed by atoms with Crippen LogP contribution in [-0.2, 0) is 6.54 Å². The summed E-state index contributed by atoms with van der Waals surface area (Å²) in [6.07, 6.45) is 5.45. The van der Waals surface area contributed by atoms with E-state index < -0.39 is 0 Å². The van der Waals surface area contributed by atoms with Crippen molar-refractivity contribution in [2.75, 3.05) is 0 Å². The molecule has 2 heterocycles. The number of aromatic nitrogens is 4. The number of amides is 1. The molecule has 3 rings (SSSR count). The van der Waals surface area contributed by atoms with Crippen molar-refractivity contribution in [3.05, 3.63) is 66.2 Å². The lowest BCUT2D eigenvalue weighted by Gasteiger charge is -2.06. The zero-order chi connectivity index (χ0) is 13.8. The molecule has 3 aromatic rings. The van der Waals surface area contributed by atoms with Crippen LogP contribution in [0.3, 0.4) is 0 Å². The fraction of sp³-hybridized carbons (Fsp3) is 0.0714. The summed E-state index contributed by atoms with van der Waals surface area (Å²) in [7, 11) is 0. The minimum Gasteiger partial charge on any atom is -0.346 e. The van der Waals surface area contributed by atoms with Gasteiger partial charge in [0.2, 0.25) is 0 Å². The summed E-state index contributed by atoms with van der Waals surface area (Å²) in [5, 5.41) is 12.9. The van der Waals surface area contributed by atoms with Crippen molar-refractivity contribution in [1.82, 2.24) is 25.3 Å². The van der Waals surface area contributed by atoms with E-state index in [0.717, 1.165) is 5.69 Å². The highest BCUT2D eigenvalue weighted by Crippen LogP contribution is 2.11. The monoisotopic (exact) mass is 267 g/mol.